The topological polar surface area (TPSA) is 0 Å². The summed E-state index contributed by atoms with van der Waals surface area (Å²) in [4.78, 5) is 0. The number of hydrogen-bond donors (Lipinski definition) is 0. The van der Waals surface area contributed by atoms with E-state index in [4.69, 9.17) is 0 Å². The lowest BCUT2D eigenvalue weighted by Crippen LogP contribution is -1.92. The summed E-state index contributed by atoms with van der Waals surface area (Å²) in [6, 6.07) is 0. The van der Waals surface area contributed by atoms with Crippen LogP contribution in [0, 0.1) is 0 Å². The first-order valence-corrected chi connectivity index (χ1v) is 12.1. The Morgan fingerprint density at radius 2 is 1.60 bits per heavy atom. The van der Waals surface area contributed by atoms with Crippen molar-refractivity contribution in [1.82, 2.24) is 0 Å². The summed E-state index contributed by atoms with van der Waals surface area (Å²) in [5.41, 5.74) is 0. The summed E-state index contributed by atoms with van der Waals surface area (Å²) in [5, 5.41) is 0. The number of rotatable bonds is 0. The van der Waals surface area contributed by atoms with Crippen molar-refractivity contribution in [2.45, 2.75) is 6.55 Å². The highest BCUT2D eigenvalue weighted by Crippen LogP contribution is 2.27. The molecule has 0 N–H and O–H groups in total. The van der Waals surface area contributed by atoms with Gasteiger partial charge in [-0.25, -0.2) is 0 Å². The third kappa shape index (κ3) is 22.9. The Labute approximate surface area is 66.1 Å². The highest BCUT2D eigenvalue weighted by molar-refractivity contribution is 14.3. The lowest BCUT2D eigenvalue weighted by Gasteiger charge is -1.92. The molecule has 0 atom stereocenters. The third-order valence-corrected chi connectivity index (χ3v) is 0. The normalized spacial score (nSPS) is 12.0. The van der Waals surface area contributed by atoms with Crippen LogP contribution in [-0.2, 0) is 0 Å². The molecule has 0 heterocycles. The number of hydrogen-bond acceptors (Lipinski definition) is 0. The Kier molecular flexibility index (Phi) is 3.52. The van der Waals surface area contributed by atoms with E-state index in [0.29, 0.717) is 0 Å². The Bertz CT molecular complexity index is 25.1. The van der Waals surface area contributed by atoms with Gasteiger partial charge in [0.05, 0.1) is 0 Å². The lowest BCUT2D eigenvalue weighted by atomic mass is 11.9. The molecule has 0 unspecified atom stereocenters. The minimum atomic E-state index is -0.859. The largest absolute Gasteiger partial charge is 0.255 e. The quantitative estimate of drug-likeness (QED) is 0.346. The maximum absolute atomic E-state index is 3.49. The van der Waals surface area contributed by atoms with Crippen molar-refractivity contribution < 1.29 is 0 Å². The summed E-state index contributed by atoms with van der Waals surface area (Å²) in [5.74, 6) is 0. The zero-order chi connectivity index (χ0) is 4.50. The molecule has 0 aromatic rings. The van der Waals surface area contributed by atoms with Gasteiger partial charge in [-0.15, -0.1) is 0 Å². The van der Waals surface area contributed by atoms with E-state index in [2.05, 4.69) is 65.4 Å². The van der Waals surface area contributed by atoms with Crippen molar-refractivity contribution in [3.63, 3.8) is 0 Å². The van der Waals surface area contributed by atoms with Crippen molar-refractivity contribution >= 4 is 60.6 Å². The fourth-order valence-electron chi connectivity index (χ4n) is 0. The van der Waals surface area contributed by atoms with Gasteiger partial charge < -0.3 is 0 Å². The second kappa shape index (κ2) is 2.46. The highest BCUT2D eigenvalue weighted by atomic mass is 127. The fourth-order valence-corrected chi connectivity index (χ4v) is 0. The van der Waals surface area contributed by atoms with Gasteiger partial charge in [0, 0.05) is 0 Å². The van der Waals surface area contributed by atoms with Crippen molar-refractivity contribution in [3.05, 3.63) is 0 Å². The van der Waals surface area contributed by atoms with Crippen LogP contribution in [0.5, 0.6) is 0 Å². The Balaban J connectivity index is 3.02. The number of halogens is 3. The minimum absolute atomic E-state index is 0.859. The molecule has 0 fully saturated rings. The SMILES string of the molecule is C[Si](Br)(I)I. The summed E-state index contributed by atoms with van der Waals surface area (Å²) in [7, 11) is 0. The van der Waals surface area contributed by atoms with Gasteiger partial charge >= 0.3 is 0 Å². The zero-order valence-corrected chi connectivity index (χ0v) is 9.53. The molecule has 0 saturated carbocycles. The van der Waals surface area contributed by atoms with Gasteiger partial charge in [-0.1, -0.05) is 58.9 Å². The van der Waals surface area contributed by atoms with Gasteiger partial charge in [0.2, 0.25) is 0 Å². The van der Waals surface area contributed by atoms with Crippen molar-refractivity contribution in [2.24, 2.45) is 0 Å². The monoisotopic (exact) mass is 376 g/mol. The van der Waals surface area contributed by atoms with E-state index >= 15 is 0 Å². The molecule has 0 aromatic carbocycles. The van der Waals surface area contributed by atoms with Crippen LogP contribution in [0.15, 0.2) is 0 Å². The molecule has 0 aliphatic rings. The van der Waals surface area contributed by atoms with E-state index in [-0.39, 0.29) is 0 Å². The van der Waals surface area contributed by atoms with E-state index in [0.717, 1.165) is 0 Å². The van der Waals surface area contributed by atoms with E-state index in [1.807, 2.05) is 0 Å². The third-order valence-electron chi connectivity index (χ3n) is 0. The molecule has 0 rings (SSSR count). The molecule has 0 saturated heterocycles. The molecule has 0 aliphatic carbocycles. The van der Waals surface area contributed by atoms with Crippen molar-refractivity contribution in [3.8, 4) is 0 Å². The van der Waals surface area contributed by atoms with Crippen LogP contribution in [0.4, 0.5) is 0 Å². The van der Waals surface area contributed by atoms with Gasteiger partial charge in [-0.2, -0.15) is 0 Å². The molecule has 4 heteroatoms. The molecule has 5 heavy (non-hydrogen) atoms. The average Bonchev–Trinajstić information content (AvgIpc) is 0.722. The van der Waals surface area contributed by atoms with Gasteiger partial charge in [-0.3, -0.25) is 0 Å². The Morgan fingerprint density at radius 1 is 1.60 bits per heavy atom. The minimum Gasteiger partial charge on any atom is -0.0988 e. The van der Waals surface area contributed by atoms with E-state index in [1.54, 1.807) is 0 Å². The zero-order valence-electron chi connectivity index (χ0n) is 2.63. The Hall–Kier alpha value is 2.16. The second-order valence-electron chi connectivity index (χ2n) is 0.781. The van der Waals surface area contributed by atoms with Gasteiger partial charge in [0.1, 0.15) is 0 Å². The van der Waals surface area contributed by atoms with Crippen molar-refractivity contribution in [1.29, 1.82) is 0 Å². The Morgan fingerprint density at radius 3 is 1.60 bits per heavy atom. The van der Waals surface area contributed by atoms with E-state index < -0.39 is 1.69 Å². The average molecular weight is 377 g/mol. The van der Waals surface area contributed by atoms with Crippen LogP contribution < -0.4 is 0 Å². The van der Waals surface area contributed by atoms with Crippen LogP contribution in [0.1, 0.15) is 0 Å². The molecule has 0 amide bonds. The van der Waals surface area contributed by atoms with E-state index in [1.165, 1.54) is 0 Å². The molecule has 0 aromatic heterocycles. The highest BCUT2D eigenvalue weighted by Gasteiger charge is 2.10. The van der Waals surface area contributed by atoms with Crippen LogP contribution in [0.25, 0.3) is 0 Å². The van der Waals surface area contributed by atoms with Gasteiger partial charge in [-0.05, 0) is 6.55 Å². The predicted molar refractivity (Wildman–Crippen MR) is 48.6 cm³/mol. The van der Waals surface area contributed by atoms with Gasteiger partial charge in [0.15, 0.2) is 0 Å². The molecule has 0 aliphatic heterocycles. The molecular formula is CH3BrI2Si. The van der Waals surface area contributed by atoms with Crippen LogP contribution in [-0.4, -0.2) is 1.69 Å². The first kappa shape index (κ1) is 7.16. The summed E-state index contributed by atoms with van der Waals surface area (Å²) in [6.07, 6.45) is 0. The maximum Gasteiger partial charge on any atom is 0.255 e. The lowest BCUT2D eigenvalue weighted by molar-refractivity contribution is 2.37. The van der Waals surface area contributed by atoms with E-state index in [9.17, 15) is 0 Å². The van der Waals surface area contributed by atoms with Gasteiger partial charge in [0.25, 0.3) is 1.69 Å². The molecule has 0 nitrogen and oxygen atoms in total. The summed E-state index contributed by atoms with van der Waals surface area (Å²) < 4.78 is -0.859. The summed E-state index contributed by atoms with van der Waals surface area (Å²) in [6.45, 7) is 2.22. The predicted octanol–water partition coefficient (Wildman–Crippen LogP) is 2.82. The maximum atomic E-state index is 3.49. The second-order valence-corrected chi connectivity index (χ2v) is 35.1. The fraction of sp³-hybridized carbons (Fsp3) is 1.00. The molecular weight excluding hydrogens is 374 g/mol. The molecule has 0 spiro atoms. The molecule has 0 bridgehead atoms. The van der Waals surface area contributed by atoms with Crippen LogP contribution in [0.2, 0.25) is 6.55 Å². The standard InChI is InChI=1S/CH3BrI2Si/c1-5(2,3)4/h1H3. The first-order valence-electron chi connectivity index (χ1n) is 1.07. The van der Waals surface area contributed by atoms with Crippen LogP contribution in [0.3, 0.4) is 0 Å². The molecule has 0 radical (unpaired) electrons. The summed E-state index contributed by atoms with van der Waals surface area (Å²) >= 11 is 8.33. The smallest absolute Gasteiger partial charge is 0.0988 e. The van der Waals surface area contributed by atoms with Crippen LogP contribution >= 0.6 is 58.9 Å². The first-order chi connectivity index (χ1) is 2.00. The molecule has 32 valence electrons. The van der Waals surface area contributed by atoms with Crippen molar-refractivity contribution in [2.75, 3.05) is 0 Å².